The zero-order valence-electron chi connectivity index (χ0n) is 21.7. The molecule has 1 atom stereocenters. The van der Waals surface area contributed by atoms with Gasteiger partial charge in [-0.15, -0.1) is 0 Å². The molecule has 0 aromatic carbocycles. The second kappa shape index (κ2) is 27.0. The molecule has 181 valence electrons. The van der Waals surface area contributed by atoms with Crippen molar-refractivity contribution in [2.45, 2.75) is 181 Å². The molecule has 0 saturated carbocycles. The van der Waals surface area contributed by atoms with Gasteiger partial charge in [-0.1, -0.05) is 188 Å². The molecule has 0 amide bonds. The van der Waals surface area contributed by atoms with Gasteiger partial charge in [0.1, 0.15) is 0 Å². The zero-order chi connectivity index (χ0) is 22.0. The van der Waals surface area contributed by atoms with Gasteiger partial charge in [-0.25, -0.2) is 0 Å². The van der Waals surface area contributed by atoms with E-state index in [1.807, 2.05) is 0 Å². The molecule has 0 saturated heterocycles. The van der Waals surface area contributed by atoms with E-state index in [9.17, 15) is 0 Å². The van der Waals surface area contributed by atoms with Crippen molar-refractivity contribution in [3.05, 3.63) is 6.92 Å². The van der Waals surface area contributed by atoms with E-state index in [-0.39, 0.29) is 0 Å². The second-order valence-corrected chi connectivity index (χ2v) is 10.2. The fourth-order valence-corrected chi connectivity index (χ4v) is 4.88. The Morgan fingerprint density at radius 2 is 0.633 bits per heavy atom. The van der Waals surface area contributed by atoms with Gasteiger partial charge in [0, 0.05) is 0 Å². The molecule has 0 aliphatic carbocycles. The first-order valence-electron chi connectivity index (χ1n) is 14.6. The maximum absolute atomic E-state index is 4.01. The van der Waals surface area contributed by atoms with Gasteiger partial charge in [-0.2, -0.15) is 0 Å². The van der Waals surface area contributed by atoms with E-state index in [4.69, 9.17) is 0 Å². The number of rotatable bonds is 26. The van der Waals surface area contributed by atoms with Crippen LogP contribution in [0.3, 0.4) is 0 Å². The second-order valence-electron chi connectivity index (χ2n) is 10.2. The van der Waals surface area contributed by atoms with E-state index in [1.54, 1.807) is 0 Å². The van der Waals surface area contributed by atoms with Crippen molar-refractivity contribution >= 4 is 0 Å². The molecular formula is C30H61. The third-order valence-corrected chi connectivity index (χ3v) is 7.04. The number of unbranched alkanes of at least 4 members (excludes halogenated alkanes) is 20. The summed E-state index contributed by atoms with van der Waals surface area (Å²) in [6.07, 6.45) is 37.7. The Morgan fingerprint density at radius 1 is 0.367 bits per heavy atom. The van der Waals surface area contributed by atoms with Gasteiger partial charge in [-0.05, 0) is 5.92 Å². The zero-order valence-corrected chi connectivity index (χ0v) is 21.7. The molecule has 0 heteroatoms. The highest BCUT2D eigenvalue weighted by atomic mass is 14.1. The normalized spacial score (nSPS) is 12.5. The van der Waals surface area contributed by atoms with Crippen molar-refractivity contribution in [1.29, 1.82) is 0 Å². The summed E-state index contributed by atoms with van der Waals surface area (Å²) in [6, 6.07) is 0. The molecule has 0 nitrogen and oxygen atoms in total. The predicted molar refractivity (Wildman–Crippen MR) is 140 cm³/mol. The lowest BCUT2D eigenvalue weighted by molar-refractivity contribution is 0.366. The van der Waals surface area contributed by atoms with Gasteiger partial charge in [0.05, 0.1) is 0 Å². The quantitative estimate of drug-likeness (QED) is 0.122. The van der Waals surface area contributed by atoms with Crippen molar-refractivity contribution in [3.63, 3.8) is 0 Å². The minimum absolute atomic E-state index is 1.02. The number of hydrogen-bond donors (Lipinski definition) is 0. The highest BCUT2D eigenvalue weighted by molar-refractivity contribution is 4.62. The summed E-state index contributed by atoms with van der Waals surface area (Å²) < 4.78 is 0. The van der Waals surface area contributed by atoms with Crippen LogP contribution in [0.4, 0.5) is 0 Å². The van der Waals surface area contributed by atoms with Crippen LogP contribution in [0.1, 0.15) is 181 Å². The van der Waals surface area contributed by atoms with Gasteiger partial charge in [0.25, 0.3) is 0 Å². The summed E-state index contributed by atoms with van der Waals surface area (Å²) in [6.45, 7) is 8.63. The van der Waals surface area contributed by atoms with Gasteiger partial charge >= 0.3 is 0 Å². The van der Waals surface area contributed by atoms with Crippen molar-refractivity contribution in [1.82, 2.24) is 0 Å². The van der Waals surface area contributed by atoms with Gasteiger partial charge in [0.2, 0.25) is 0 Å². The maximum Gasteiger partial charge on any atom is -0.0414 e. The van der Waals surface area contributed by atoms with E-state index in [2.05, 4.69) is 20.8 Å². The van der Waals surface area contributed by atoms with Crippen molar-refractivity contribution in [3.8, 4) is 0 Å². The molecular weight excluding hydrogens is 360 g/mol. The minimum Gasteiger partial charge on any atom is -0.0654 e. The van der Waals surface area contributed by atoms with Crippen LogP contribution in [0.15, 0.2) is 0 Å². The molecule has 0 aromatic rings. The smallest absolute Gasteiger partial charge is 0.0414 e. The van der Waals surface area contributed by atoms with E-state index >= 15 is 0 Å². The highest BCUT2D eigenvalue weighted by Gasteiger charge is 2.08. The summed E-state index contributed by atoms with van der Waals surface area (Å²) in [7, 11) is 0. The number of hydrogen-bond acceptors (Lipinski definition) is 0. The van der Waals surface area contributed by atoms with E-state index in [0.717, 1.165) is 12.3 Å². The molecule has 0 rings (SSSR count). The Hall–Kier alpha value is 0. The molecule has 0 N–H and O–H groups in total. The van der Waals surface area contributed by atoms with Crippen LogP contribution >= 0.6 is 0 Å². The van der Waals surface area contributed by atoms with Crippen LogP contribution < -0.4 is 0 Å². The Kier molecular flexibility index (Phi) is 27.0. The highest BCUT2D eigenvalue weighted by Crippen LogP contribution is 2.24. The average molecular weight is 422 g/mol. The summed E-state index contributed by atoms with van der Waals surface area (Å²) in [4.78, 5) is 0. The van der Waals surface area contributed by atoms with E-state index in [0.29, 0.717) is 0 Å². The molecule has 0 aromatic heterocycles. The summed E-state index contributed by atoms with van der Waals surface area (Å²) >= 11 is 0. The lowest BCUT2D eigenvalue weighted by Gasteiger charge is -2.17. The fraction of sp³-hybridized carbons (Fsp3) is 0.967. The first-order chi connectivity index (χ1) is 14.8. The summed E-state index contributed by atoms with van der Waals surface area (Å²) in [5, 5.41) is 0. The van der Waals surface area contributed by atoms with Crippen LogP contribution in [0.2, 0.25) is 0 Å². The minimum atomic E-state index is 1.02. The van der Waals surface area contributed by atoms with Crippen LogP contribution in [0.5, 0.6) is 0 Å². The standard InChI is InChI=1S/C30H61/c1-4-7-10-13-15-17-19-21-23-26-29-30(27-24-12-9-6-3)28-25-22-20-18-16-14-11-8-5-2/h30H,3-29H2,1-2H3. The molecule has 1 unspecified atom stereocenters. The van der Waals surface area contributed by atoms with Crippen LogP contribution in [-0.2, 0) is 0 Å². The molecule has 0 fully saturated rings. The molecule has 1 radical (unpaired) electrons. The van der Waals surface area contributed by atoms with Crippen molar-refractivity contribution in [2.75, 3.05) is 0 Å². The van der Waals surface area contributed by atoms with Gasteiger partial charge in [0.15, 0.2) is 0 Å². The average Bonchev–Trinajstić information content (AvgIpc) is 2.76. The Labute approximate surface area is 193 Å². The van der Waals surface area contributed by atoms with Crippen LogP contribution in [0.25, 0.3) is 0 Å². The Balaban J connectivity index is 3.69. The van der Waals surface area contributed by atoms with Crippen LogP contribution in [-0.4, -0.2) is 0 Å². The summed E-state index contributed by atoms with van der Waals surface area (Å²) in [5.41, 5.74) is 0. The first-order valence-corrected chi connectivity index (χ1v) is 14.6. The molecule has 0 aliphatic heterocycles. The van der Waals surface area contributed by atoms with Gasteiger partial charge < -0.3 is 0 Å². The van der Waals surface area contributed by atoms with E-state index < -0.39 is 0 Å². The summed E-state index contributed by atoms with van der Waals surface area (Å²) in [5.74, 6) is 1.02. The van der Waals surface area contributed by atoms with Crippen molar-refractivity contribution in [2.24, 2.45) is 5.92 Å². The fourth-order valence-electron chi connectivity index (χ4n) is 4.88. The molecule has 0 bridgehead atoms. The molecule has 0 aliphatic rings. The third-order valence-electron chi connectivity index (χ3n) is 7.04. The van der Waals surface area contributed by atoms with Gasteiger partial charge in [-0.3, -0.25) is 0 Å². The van der Waals surface area contributed by atoms with Crippen molar-refractivity contribution < 1.29 is 0 Å². The van der Waals surface area contributed by atoms with Crippen LogP contribution in [0, 0.1) is 12.8 Å². The molecule has 0 spiro atoms. The first kappa shape index (κ1) is 30.0. The SMILES string of the molecule is [CH2]CCCCCC(CCCCCCCCCCC)CCCCCCCCCCCC. The third kappa shape index (κ3) is 24.3. The Morgan fingerprint density at radius 3 is 0.933 bits per heavy atom. The lowest BCUT2D eigenvalue weighted by atomic mass is 9.89. The molecule has 30 heavy (non-hydrogen) atoms. The monoisotopic (exact) mass is 421 g/mol. The Bertz CT molecular complexity index is 282. The largest absolute Gasteiger partial charge is 0.0654 e. The molecule has 0 heterocycles. The lowest BCUT2D eigenvalue weighted by Crippen LogP contribution is -2.01. The maximum atomic E-state index is 4.01. The topological polar surface area (TPSA) is 0 Å². The van der Waals surface area contributed by atoms with E-state index in [1.165, 1.54) is 161 Å². The predicted octanol–water partition coefficient (Wildman–Crippen LogP) is 11.6.